The van der Waals surface area contributed by atoms with Crippen LogP contribution in [0.2, 0.25) is 0 Å². The molecule has 0 spiro atoms. The lowest BCUT2D eigenvalue weighted by Crippen LogP contribution is -2.36. The van der Waals surface area contributed by atoms with Crippen LogP contribution in [0.1, 0.15) is 62.7 Å². The van der Waals surface area contributed by atoms with Gasteiger partial charge in [-0.15, -0.1) is 5.10 Å². The molecule has 0 aliphatic carbocycles. The van der Waals surface area contributed by atoms with E-state index in [9.17, 15) is 4.79 Å². The van der Waals surface area contributed by atoms with Crippen LogP contribution in [0.3, 0.4) is 0 Å². The lowest BCUT2D eigenvalue weighted by Gasteiger charge is -2.32. The van der Waals surface area contributed by atoms with Crippen LogP contribution < -0.4 is 5.56 Å². The molecule has 7 nitrogen and oxygen atoms in total. The second-order valence-electron chi connectivity index (χ2n) is 9.91. The Morgan fingerprint density at radius 3 is 2.56 bits per heavy atom. The van der Waals surface area contributed by atoms with Gasteiger partial charge in [0.05, 0.1) is 17.1 Å². The predicted molar refractivity (Wildman–Crippen MR) is 136 cm³/mol. The highest BCUT2D eigenvalue weighted by Gasteiger charge is 2.29. The van der Waals surface area contributed by atoms with Gasteiger partial charge in [-0.25, -0.2) is 4.68 Å². The Kier molecular flexibility index (Phi) is 6.93. The monoisotopic (exact) mass is 458 g/mol. The van der Waals surface area contributed by atoms with Crippen LogP contribution in [-0.2, 0) is 18.5 Å². The lowest BCUT2D eigenvalue weighted by molar-refractivity contribution is 0.163. The summed E-state index contributed by atoms with van der Waals surface area (Å²) >= 11 is 0. The van der Waals surface area contributed by atoms with Crippen molar-refractivity contribution in [2.45, 2.75) is 65.6 Å². The average Bonchev–Trinajstić information content (AvgIpc) is 3.30. The number of tetrazole rings is 1. The lowest BCUT2D eigenvalue weighted by atomic mass is 10.0. The molecule has 4 aromatic rings. The van der Waals surface area contributed by atoms with Crippen molar-refractivity contribution >= 4 is 10.9 Å². The normalized spacial score (nSPS) is 13.0. The zero-order chi connectivity index (χ0) is 24.3. The minimum Gasteiger partial charge on any atom is -0.321 e. The third-order valence-corrected chi connectivity index (χ3v) is 6.32. The number of hydrogen-bond donors (Lipinski definition) is 1. The summed E-state index contributed by atoms with van der Waals surface area (Å²) in [6, 6.07) is 18.5. The molecule has 178 valence electrons. The third-order valence-electron chi connectivity index (χ3n) is 6.32. The summed E-state index contributed by atoms with van der Waals surface area (Å²) in [6.07, 6.45) is 1.70. The molecule has 0 aliphatic rings. The maximum Gasteiger partial charge on any atom is 0.252 e. The van der Waals surface area contributed by atoms with Gasteiger partial charge in [0.1, 0.15) is 0 Å². The number of nitrogens with zero attached hydrogens (tertiary/aromatic N) is 5. The van der Waals surface area contributed by atoms with Gasteiger partial charge in [-0.2, -0.15) is 0 Å². The van der Waals surface area contributed by atoms with E-state index in [1.807, 2.05) is 41.9 Å². The van der Waals surface area contributed by atoms with Gasteiger partial charge in [0, 0.05) is 18.7 Å². The summed E-state index contributed by atoms with van der Waals surface area (Å²) in [7, 11) is 0. The molecule has 0 bridgehead atoms. The Labute approximate surface area is 200 Å². The van der Waals surface area contributed by atoms with Crippen molar-refractivity contribution in [3.8, 4) is 0 Å². The van der Waals surface area contributed by atoms with Crippen LogP contribution in [0.25, 0.3) is 10.9 Å². The van der Waals surface area contributed by atoms with Crippen LogP contribution in [0.4, 0.5) is 0 Å². The molecule has 2 aromatic heterocycles. The molecule has 34 heavy (non-hydrogen) atoms. The number of aryl methyl sites for hydroxylation is 1. The van der Waals surface area contributed by atoms with Gasteiger partial charge in [-0.3, -0.25) is 9.69 Å². The van der Waals surface area contributed by atoms with Crippen LogP contribution in [0.15, 0.2) is 59.4 Å². The Bertz CT molecular complexity index is 1300. The third kappa shape index (κ3) is 5.09. The van der Waals surface area contributed by atoms with Crippen LogP contribution in [0, 0.1) is 6.92 Å². The molecular formula is C27H34N6O. The van der Waals surface area contributed by atoms with E-state index in [2.05, 4.69) is 77.4 Å². The first kappa shape index (κ1) is 23.8. The molecule has 7 heteroatoms. The number of aromatic nitrogens is 5. The quantitative estimate of drug-likeness (QED) is 0.411. The predicted octanol–water partition coefficient (Wildman–Crippen LogP) is 4.77. The molecule has 2 aromatic carbocycles. The zero-order valence-corrected chi connectivity index (χ0v) is 20.7. The Morgan fingerprint density at radius 2 is 1.85 bits per heavy atom. The Hall–Kier alpha value is -3.32. The topological polar surface area (TPSA) is 79.7 Å². The van der Waals surface area contributed by atoms with Crippen molar-refractivity contribution in [3.63, 3.8) is 0 Å². The minimum atomic E-state index is -0.241. The van der Waals surface area contributed by atoms with Crippen LogP contribution in [-0.4, -0.2) is 36.6 Å². The number of fused-ring (bicyclic) bond motifs is 1. The molecule has 0 saturated heterocycles. The Balaban J connectivity index is 1.72. The van der Waals surface area contributed by atoms with Crippen molar-refractivity contribution in [2.75, 3.05) is 6.54 Å². The number of pyridine rings is 1. The molecule has 0 fully saturated rings. The molecule has 2 heterocycles. The number of benzene rings is 2. The van der Waals surface area contributed by atoms with Crippen LogP contribution in [0.5, 0.6) is 0 Å². The highest BCUT2D eigenvalue weighted by Crippen LogP contribution is 2.28. The van der Waals surface area contributed by atoms with E-state index >= 15 is 0 Å². The smallest absolute Gasteiger partial charge is 0.252 e. The van der Waals surface area contributed by atoms with Crippen molar-refractivity contribution in [2.24, 2.45) is 0 Å². The van der Waals surface area contributed by atoms with Gasteiger partial charge in [-0.1, -0.05) is 55.5 Å². The molecule has 1 atom stereocenters. The highest BCUT2D eigenvalue weighted by molar-refractivity contribution is 5.81. The number of H-pyrrole nitrogens is 1. The van der Waals surface area contributed by atoms with E-state index in [1.165, 1.54) is 5.56 Å². The summed E-state index contributed by atoms with van der Waals surface area (Å²) < 4.78 is 1.91. The first-order valence-corrected chi connectivity index (χ1v) is 12.0. The van der Waals surface area contributed by atoms with E-state index in [0.29, 0.717) is 6.54 Å². The molecule has 1 N–H and O–H groups in total. The van der Waals surface area contributed by atoms with Gasteiger partial charge in [0.2, 0.25) is 0 Å². The first-order chi connectivity index (χ1) is 16.3. The van der Waals surface area contributed by atoms with E-state index in [-0.39, 0.29) is 17.1 Å². The maximum atomic E-state index is 13.1. The van der Waals surface area contributed by atoms with Gasteiger partial charge < -0.3 is 4.98 Å². The molecule has 0 aliphatic heterocycles. The molecule has 1 unspecified atom stereocenters. The summed E-state index contributed by atoms with van der Waals surface area (Å²) in [4.78, 5) is 18.5. The van der Waals surface area contributed by atoms with Crippen molar-refractivity contribution in [3.05, 3.63) is 87.5 Å². The van der Waals surface area contributed by atoms with Gasteiger partial charge in [0.25, 0.3) is 5.56 Å². The van der Waals surface area contributed by atoms with E-state index in [0.717, 1.165) is 47.2 Å². The fraction of sp³-hybridized carbons (Fsp3) is 0.407. The molecule has 0 amide bonds. The largest absolute Gasteiger partial charge is 0.321 e. The van der Waals surface area contributed by atoms with Crippen molar-refractivity contribution in [1.29, 1.82) is 0 Å². The fourth-order valence-corrected chi connectivity index (χ4v) is 4.51. The van der Waals surface area contributed by atoms with E-state index in [1.54, 1.807) is 0 Å². The molecule has 0 radical (unpaired) electrons. The number of hydrogen-bond acceptors (Lipinski definition) is 5. The second-order valence-corrected chi connectivity index (χ2v) is 9.91. The average molecular weight is 459 g/mol. The molecular weight excluding hydrogens is 424 g/mol. The van der Waals surface area contributed by atoms with Crippen molar-refractivity contribution < 1.29 is 0 Å². The van der Waals surface area contributed by atoms with Crippen LogP contribution >= 0.6 is 0 Å². The van der Waals surface area contributed by atoms with E-state index < -0.39 is 0 Å². The summed E-state index contributed by atoms with van der Waals surface area (Å²) in [5.74, 6) is 0.830. The number of para-hydroxylation sites is 1. The molecule has 0 saturated carbocycles. The summed E-state index contributed by atoms with van der Waals surface area (Å²) in [5, 5.41) is 13.8. The fourth-order valence-electron chi connectivity index (χ4n) is 4.51. The number of nitrogens with one attached hydrogen (secondary N) is 1. The zero-order valence-electron chi connectivity index (χ0n) is 20.7. The number of aromatic amines is 1. The Morgan fingerprint density at radius 1 is 1.09 bits per heavy atom. The minimum absolute atomic E-state index is 0.0226. The summed E-state index contributed by atoms with van der Waals surface area (Å²) in [5.41, 5.74) is 3.70. The highest BCUT2D eigenvalue weighted by atomic mass is 16.1. The first-order valence-electron chi connectivity index (χ1n) is 12.0. The second kappa shape index (κ2) is 9.89. The van der Waals surface area contributed by atoms with Gasteiger partial charge in [-0.05, 0) is 73.5 Å². The van der Waals surface area contributed by atoms with Gasteiger partial charge >= 0.3 is 0 Å². The summed E-state index contributed by atoms with van der Waals surface area (Å²) in [6.45, 7) is 11.8. The SMILES string of the molecule is CCC(c1nnnn1C(C)(C)C)N(CCc1ccccc1)Cc1cc2cccc(C)c2[nH]c1=O. The standard InChI is InChI=1S/C27H34N6O/c1-6-23(25-29-30-31-33(25)27(3,4)5)32(16-15-20-12-8-7-9-13-20)18-22-17-21-14-10-11-19(2)24(21)28-26(22)34/h7-14,17,23H,6,15-16,18H2,1-5H3,(H,28,34). The number of rotatable bonds is 8. The molecule has 4 rings (SSSR count). The van der Waals surface area contributed by atoms with E-state index in [4.69, 9.17) is 0 Å². The van der Waals surface area contributed by atoms with Gasteiger partial charge in [0.15, 0.2) is 5.82 Å². The maximum absolute atomic E-state index is 13.1. The van der Waals surface area contributed by atoms with Crippen molar-refractivity contribution in [1.82, 2.24) is 30.1 Å².